The molecule has 19 heavy (non-hydrogen) atoms. The topological polar surface area (TPSA) is 39.4 Å². The molecule has 1 aromatic rings. The minimum Gasteiger partial charge on any atom is -0.446 e. The van der Waals surface area contributed by atoms with Gasteiger partial charge >= 0.3 is 0 Å². The van der Waals surface area contributed by atoms with Crippen molar-refractivity contribution >= 4 is 33.5 Å². The lowest BCUT2D eigenvalue weighted by Crippen LogP contribution is -2.44. The van der Waals surface area contributed by atoms with Crippen LogP contribution < -0.4 is 0 Å². The monoisotopic (exact) mass is 344 g/mol. The van der Waals surface area contributed by atoms with Gasteiger partial charge in [0.1, 0.15) is 0 Å². The van der Waals surface area contributed by atoms with E-state index < -0.39 is 0 Å². The van der Waals surface area contributed by atoms with Crippen LogP contribution in [-0.4, -0.2) is 29.5 Å². The van der Waals surface area contributed by atoms with Crippen LogP contribution in [0.25, 0.3) is 0 Å². The van der Waals surface area contributed by atoms with Gasteiger partial charge in [-0.1, -0.05) is 0 Å². The standard InChI is InChI=1S/C14H17BrO3S/c15-12-2-1-11(18-12)13(16)10-3-6-17-14(9-10)4-7-19-8-5-14/h1-2,10H,3-9H2. The van der Waals surface area contributed by atoms with Gasteiger partial charge < -0.3 is 9.15 Å². The van der Waals surface area contributed by atoms with E-state index in [1.165, 1.54) is 0 Å². The molecule has 0 saturated carbocycles. The van der Waals surface area contributed by atoms with E-state index in [0.29, 0.717) is 17.0 Å². The van der Waals surface area contributed by atoms with Crippen molar-refractivity contribution in [3.63, 3.8) is 0 Å². The molecule has 1 atom stereocenters. The minimum atomic E-state index is -0.0480. The predicted molar refractivity (Wildman–Crippen MR) is 78.7 cm³/mol. The van der Waals surface area contributed by atoms with Gasteiger partial charge in [-0.3, -0.25) is 4.79 Å². The highest BCUT2D eigenvalue weighted by molar-refractivity contribution is 9.10. The molecule has 0 bridgehead atoms. The first-order valence-corrected chi connectivity index (χ1v) is 8.65. The molecule has 0 N–H and O–H groups in total. The molecule has 0 aromatic carbocycles. The number of ketones is 1. The van der Waals surface area contributed by atoms with E-state index in [0.717, 1.165) is 37.2 Å². The Kier molecular flexibility index (Phi) is 4.06. The summed E-state index contributed by atoms with van der Waals surface area (Å²) in [5.74, 6) is 2.95. The molecular formula is C14H17BrO3S. The molecule has 104 valence electrons. The summed E-state index contributed by atoms with van der Waals surface area (Å²) < 4.78 is 12.0. The van der Waals surface area contributed by atoms with Gasteiger partial charge in [-0.25, -0.2) is 0 Å². The van der Waals surface area contributed by atoms with Gasteiger partial charge in [0.05, 0.1) is 5.60 Å². The fraction of sp³-hybridized carbons (Fsp3) is 0.643. The van der Waals surface area contributed by atoms with Gasteiger partial charge in [0.2, 0.25) is 5.78 Å². The second-order valence-corrected chi connectivity index (χ2v) is 7.31. The van der Waals surface area contributed by atoms with Gasteiger partial charge in [-0.05, 0) is 65.3 Å². The van der Waals surface area contributed by atoms with E-state index >= 15 is 0 Å². The Bertz CT molecular complexity index is 460. The molecule has 5 heteroatoms. The Balaban J connectivity index is 1.72. The van der Waals surface area contributed by atoms with Crippen molar-refractivity contribution in [3.05, 3.63) is 22.6 Å². The third kappa shape index (κ3) is 2.93. The van der Waals surface area contributed by atoms with Crippen molar-refractivity contribution in [2.75, 3.05) is 18.1 Å². The summed E-state index contributed by atoms with van der Waals surface area (Å²) in [6, 6.07) is 3.53. The van der Waals surface area contributed by atoms with E-state index in [1.54, 1.807) is 12.1 Å². The maximum absolute atomic E-state index is 12.5. The Morgan fingerprint density at radius 1 is 1.37 bits per heavy atom. The largest absolute Gasteiger partial charge is 0.446 e. The Morgan fingerprint density at radius 3 is 2.84 bits per heavy atom. The van der Waals surface area contributed by atoms with E-state index in [9.17, 15) is 4.79 Å². The first-order valence-electron chi connectivity index (χ1n) is 6.70. The molecule has 3 rings (SSSR count). The maximum Gasteiger partial charge on any atom is 0.201 e. The molecule has 2 fully saturated rings. The van der Waals surface area contributed by atoms with Crippen LogP contribution in [0, 0.1) is 5.92 Å². The van der Waals surface area contributed by atoms with Crippen molar-refractivity contribution in [3.8, 4) is 0 Å². The number of rotatable bonds is 2. The molecule has 0 radical (unpaired) electrons. The van der Waals surface area contributed by atoms with Crippen molar-refractivity contribution in [2.24, 2.45) is 5.92 Å². The smallest absolute Gasteiger partial charge is 0.201 e. The number of furan rings is 1. The summed E-state index contributed by atoms with van der Waals surface area (Å²) >= 11 is 5.23. The van der Waals surface area contributed by atoms with Crippen LogP contribution >= 0.6 is 27.7 Å². The fourth-order valence-electron chi connectivity index (χ4n) is 2.99. The van der Waals surface area contributed by atoms with E-state index in [2.05, 4.69) is 15.9 Å². The molecule has 2 aliphatic heterocycles. The Hall–Kier alpha value is -0.260. The second-order valence-electron chi connectivity index (χ2n) is 5.30. The summed E-state index contributed by atoms with van der Waals surface area (Å²) in [5.41, 5.74) is -0.0480. The lowest BCUT2D eigenvalue weighted by atomic mass is 9.79. The molecule has 3 heterocycles. The van der Waals surface area contributed by atoms with Crippen LogP contribution in [0.3, 0.4) is 0 Å². The maximum atomic E-state index is 12.5. The van der Waals surface area contributed by atoms with Gasteiger partial charge in [0.15, 0.2) is 10.4 Å². The normalized spacial score (nSPS) is 26.5. The zero-order chi connectivity index (χ0) is 13.3. The van der Waals surface area contributed by atoms with Crippen molar-refractivity contribution in [1.82, 2.24) is 0 Å². The molecule has 3 nitrogen and oxygen atoms in total. The quantitative estimate of drug-likeness (QED) is 0.762. The van der Waals surface area contributed by atoms with Gasteiger partial charge in [0, 0.05) is 12.5 Å². The number of ether oxygens (including phenoxy) is 1. The summed E-state index contributed by atoms with van der Waals surface area (Å²) in [6.45, 7) is 0.697. The average Bonchev–Trinajstić information content (AvgIpc) is 2.85. The average molecular weight is 345 g/mol. The first kappa shape index (κ1) is 13.7. The molecule has 0 amide bonds. The number of hydrogen-bond acceptors (Lipinski definition) is 4. The first-order chi connectivity index (χ1) is 9.19. The van der Waals surface area contributed by atoms with Crippen LogP contribution in [0.2, 0.25) is 0 Å². The highest BCUT2D eigenvalue weighted by Gasteiger charge is 2.41. The van der Waals surface area contributed by atoms with Crippen LogP contribution in [-0.2, 0) is 4.74 Å². The van der Waals surface area contributed by atoms with Crippen LogP contribution in [0.15, 0.2) is 21.2 Å². The third-order valence-corrected chi connectivity index (χ3v) is 5.50. The van der Waals surface area contributed by atoms with Crippen molar-refractivity contribution < 1.29 is 13.9 Å². The highest BCUT2D eigenvalue weighted by Crippen LogP contribution is 2.40. The molecule has 0 aliphatic carbocycles. The molecule has 1 aromatic heterocycles. The third-order valence-electron chi connectivity index (χ3n) is 4.08. The second kappa shape index (κ2) is 5.62. The van der Waals surface area contributed by atoms with Gasteiger partial charge in [-0.15, -0.1) is 0 Å². The molecular weight excluding hydrogens is 328 g/mol. The lowest BCUT2D eigenvalue weighted by molar-refractivity contribution is -0.0961. The predicted octanol–water partition coefficient (Wildman–Crippen LogP) is 3.92. The SMILES string of the molecule is O=C(c1ccc(Br)o1)C1CCOC2(CCSCC2)C1. The van der Waals surface area contributed by atoms with Crippen LogP contribution in [0.4, 0.5) is 0 Å². The summed E-state index contributed by atoms with van der Waals surface area (Å²) in [4.78, 5) is 12.5. The number of Topliss-reactive ketones (excluding diaryl/α,β-unsaturated/α-hetero) is 1. The number of hydrogen-bond donors (Lipinski definition) is 0. The number of carbonyl (C=O) groups is 1. The molecule has 1 spiro atoms. The highest BCUT2D eigenvalue weighted by atomic mass is 79.9. The van der Waals surface area contributed by atoms with E-state index in [1.807, 2.05) is 11.8 Å². The van der Waals surface area contributed by atoms with Crippen molar-refractivity contribution in [1.29, 1.82) is 0 Å². The zero-order valence-corrected chi connectivity index (χ0v) is 13.1. The van der Waals surface area contributed by atoms with Crippen LogP contribution in [0.1, 0.15) is 36.2 Å². The lowest BCUT2D eigenvalue weighted by Gasteiger charge is -2.42. The Labute approximate surface area is 125 Å². The number of halogens is 1. The van der Waals surface area contributed by atoms with Crippen LogP contribution in [0.5, 0.6) is 0 Å². The van der Waals surface area contributed by atoms with E-state index in [4.69, 9.17) is 9.15 Å². The van der Waals surface area contributed by atoms with Gasteiger partial charge in [-0.2, -0.15) is 11.8 Å². The summed E-state index contributed by atoms with van der Waals surface area (Å²) in [5, 5.41) is 0. The molecule has 2 aliphatic rings. The van der Waals surface area contributed by atoms with E-state index in [-0.39, 0.29) is 17.3 Å². The zero-order valence-electron chi connectivity index (χ0n) is 10.7. The number of carbonyl (C=O) groups excluding carboxylic acids is 1. The summed E-state index contributed by atoms with van der Waals surface area (Å²) in [6.07, 6.45) is 3.81. The van der Waals surface area contributed by atoms with Gasteiger partial charge in [0.25, 0.3) is 0 Å². The van der Waals surface area contributed by atoms with Crippen molar-refractivity contribution in [2.45, 2.75) is 31.3 Å². The fourth-order valence-corrected chi connectivity index (χ4v) is 4.53. The molecule has 1 unspecified atom stereocenters. The molecule has 2 saturated heterocycles. The Morgan fingerprint density at radius 2 is 2.16 bits per heavy atom. The number of thioether (sulfide) groups is 1. The minimum absolute atomic E-state index is 0.0480. The summed E-state index contributed by atoms with van der Waals surface area (Å²) in [7, 11) is 0.